The lowest BCUT2D eigenvalue weighted by Gasteiger charge is -2.13. The highest BCUT2D eigenvalue weighted by Gasteiger charge is 2.21. The molecule has 1 heterocycles. The molecule has 10 heteroatoms. The molecule has 2 amide bonds. The Morgan fingerprint density at radius 1 is 1.28 bits per heavy atom. The number of nitrogens with one attached hydrogen (secondary N) is 1. The highest BCUT2D eigenvalue weighted by atomic mass is 32.1. The van der Waals surface area contributed by atoms with E-state index in [4.69, 9.17) is 20.8 Å². The Balaban J connectivity index is 1.72. The molecule has 2 atom stereocenters. The fraction of sp³-hybridized carbons (Fsp3) is 0.182. The molecular weight excluding hydrogens is 435 g/mol. The van der Waals surface area contributed by atoms with E-state index in [9.17, 15) is 14.0 Å². The molecule has 0 aliphatic rings. The highest BCUT2D eigenvalue weighted by Crippen LogP contribution is 2.30. The van der Waals surface area contributed by atoms with Gasteiger partial charge in [0, 0.05) is 5.56 Å². The van der Waals surface area contributed by atoms with Crippen molar-refractivity contribution in [3.63, 3.8) is 0 Å². The largest absolute Gasteiger partial charge is 0.485 e. The lowest BCUT2D eigenvalue weighted by Crippen LogP contribution is -2.47. The van der Waals surface area contributed by atoms with Gasteiger partial charge in [-0.1, -0.05) is 6.07 Å². The Hall–Kier alpha value is -3.81. The molecule has 0 fully saturated rings. The summed E-state index contributed by atoms with van der Waals surface area (Å²) in [6.07, 6.45) is -0.326. The van der Waals surface area contributed by atoms with Crippen LogP contribution < -0.4 is 15.8 Å². The Bertz CT molecular complexity index is 1170. The van der Waals surface area contributed by atoms with Gasteiger partial charge < -0.3 is 20.9 Å². The fourth-order valence-electron chi connectivity index (χ4n) is 2.79. The summed E-state index contributed by atoms with van der Waals surface area (Å²) in [7, 11) is 0. The number of carbonyl (C=O) groups is 2. The number of benzene rings is 2. The second-order valence-corrected chi connectivity index (χ2v) is 7.65. The van der Waals surface area contributed by atoms with Crippen molar-refractivity contribution in [3.8, 4) is 23.1 Å². The lowest BCUT2D eigenvalue weighted by molar-refractivity contribution is -0.120. The highest BCUT2D eigenvalue weighted by molar-refractivity contribution is 7.06. The minimum absolute atomic E-state index is 0.290. The van der Waals surface area contributed by atoms with Gasteiger partial charge in [0.05, 0.1) is 34.4 Å². The quantitative estimate of drug-likeness (QED) is 0.478. The van der Waals surface area contributed by atoms with Crippen LogP contribution in [0.3, 0.4) is 0 Å². The van der Waals surface area contributed by atoms with Crippen LogP contribution in [0.5, 0.6) is 5.75 Å². The summed E-state index contributed by atoms with van der Waals surface area (Å²) in [5.74, 6) is -2.00. The van der Waals surface area contributed by atoms with E-state index in [0.29, 0.717) is 22.6 Å². The van der Waals surface area contributed by atoms with E-state index in [1.807, 2.05) is 13.0 Å². The van der Waals surface area contributed by atoms with Gasteiger partial charge in [0.15, 0.2) is 0 Å². The van der Waals surface area contributed by atoms with Gasteiger partial charge in [-0.25, -0.2) is 4.39 Å². The summed E-state index contributed by atoms with van der Waals surface area (Å²) in [6.45, 7) is 1.16. The summed E-state index contributed by atoms with van der Waals surface area (Å²) in [4.78, 5) is 24.1. The second-order valence-electron chi connectivity index (χ2n) is 6.82. The molecule has 1 unspecified atom stereocenters. The minimum Gasteiger partial charge on any atom is -0.485 e. The SMILES string of the molecule is CC(Oc1ccc(C#N)cc1)c1cc(-c2ccc(C(=O)N[C@@H](CO)C(N)=O)c(F)c2)ns1. The number of nitrogens with two attached hydrogens (primary N) is 1. The van der Waals surface area contributed by atoms with Gasteiger partial charge in [0.25, 0.3) is 5.91 Å². The molecule has 4 N–H and O–H groups in total. The molecule has 2 aromatic carbocycles. The van der Waals surface area contributed by atoms with Crippen molar-refractivity contribution in [1.29, 1.82) is 5.26 Å². The van der Waals surface area contributed by atoms with Crippen LogP contribution in [0.15, 0.2) is 48.5 Å². The summed E-state index contributed by atoms with van der Waals surface area (Å²) in [5.41, 5.74) is 6.27. The number of amides is 2. The third-order valence-corrected chi connectivity index (χ3v) is 5.51. The number of hydrogen-bond donors (Lipinski definition) is 3. The average molecular weight is 454 g/mol. The maximum Gasteiger partial charge on any atom is 0.254 e. The number of nitriles is 1. The molecule has 3 rings (SSSR count). The monoisotopic (exact) mass is 454 g/mol. The normalized spacial score (nSPS) is 12.4. The van der Waals surface area contributed by atoms with E-state index in [2.05, 4.69) is 9.69 Å². The van der Waals surface area contributed by atoms with E-state index in [0.717, 1.165) is 10.9 Å². The number of ether oxygens (including phenoxy) is 1. The topological polar surface area (TPSA) is 138 Å². The summed E-state index contributed by atoms with van der Waals surface area (Å²) in [5, 5.41) is 20.1. The van der Waals surface area contributed by atoms with Crippen molar-refractivity contribution in [3.05, 3.63) is 70.4 Å². The molecule has 0 radical (unpaired) electrons. The van der Waals surface area contributed by atoms with E-state index in [1.54, 1.807) is 30.3 Å². The van der Waals surface area contributed by atoms with Crippen molar-refractivity contribution < 1.29 is 23.8 Å². The van der Waals surface area contributed by atoms with Gasteiger partial charge in [-0.05, 0) is 60.9 Å². The van der Waals surface area contributed by atoms with E-state index >= 15 is 0 Å². The number of nitrogens with zero attached hydrogens (tertiary/aromatic N) is 2. The van der Waals surface area contributed by atoms with Crippen LogP contribution in [-0.4, -0.2) is 33.9 Å². The number of halogens is 1. The average Bonchev–Trinajstić information content (AvgIpc) is 3.28. The number of hydrogen-bond acceptors (Lipinski definition) is 7. The number of primary amides is 1. The van der Waals surface area contributed by atoms with Crippen LogP contribution in [0.1, 0.15) is 33.8 Å². The molecule has 0 aliphatic carbocycles. The third-order valence-electron chi connectivity index (χ3n) is 4.57. The number of aliphatic hydroxyl groups is 1. The number of aliphatic hydroxyl groups excluding tert-OH is 1. The van der Waals surface area contributed by atoms with Crippen molar-refractivity contribution in [1.82, 2.24) is 9.69 Å². The Kier molecular flexibility index (Phi) is 7.14. The molecule has 0 saturated carbocycles. The zero-order valence-electron chi connectivity index (χ0n) is 16.9. The third kappa shape index (κ3) is 5.26. The predicted molar refractivity (Wildman–Crippen MR) is 115 cm³/mol. The van der Waals surface area contributed by atoms with Crippen LogP contribution in [0.2, 0.25) is 0 Å². The second kappa shape index (κ2) is 10.00. The molecule has 3 aromatic rings. The Morgan fingerprint density at radius 3 is 2.59 bits per heavy atom. The molecule has 164 valence electrons. The zero-order chi connectivity index (χ0) is 23.3. The Labute approximate surface area is 187 Å². The summed E-state index contributed by atoms with van der Waals surface area (Å²) in [6, 6.07) is 13.2. The predicted octanol–water partition coefficient (Wildman–Crippen LogP) is 2.54. The fourth-order valence-corrected chi connectivity index (χ4v) is 3.51. The number of aromatic nitrogens is 1. The van der Waals surface area contributed by atoms with Crippen LogP contribution in [0, 0.1) is 17.1 Å². The van der Waals surface area contributed by atoms with Crippen molar-refractivity contribution >= 4 is 23.3 Å². The van der Waals surface area contributed by atoms with Crippen molar-refractivity contribution in [2.45, 2.75) is 19.1 Å². The first kappa shape index (κ1) is 22.9. The molecule has 0 spiro atoms. The van der Waals surface area contributed by atoms with Crippen LogP contribution >= 0.6 is 11.5 Å². The van der Waals surface area contributed by atoms with Crippen LogP contribution in [0.4, 0.5) is 4.39 Å². The van der Waals surface area contributed by atoms with Crippen molar-refractivity contribution in [2.24, 2.45) is 5.73 Å². The van der Waals surface area contributed by atoms with Crippen LogP contribution in [-0.2, 0) is 4.79 Å². The summed E-state index contributed by atoms with van der Waals surface area (Å²) < 4.78 is 24.7. The van der Waals surface area contributed by atoms with Gasteiger partial charge in [-0.15, -0.1) is 0 Å². The summed E-state index contributed by atoms with van der Waals surface area (Å²) >= 11 is 1.20. The number of carbonyl (C=O) groups excluding carboxylic acids is 2. The smallest absolute Gasteiger partial charge is 0.254 e. The van der Waals surface area contributed by atoms with E-state index in [1.165, 1.54) is 23.7 Å². The maximum absolute atomic E-state index is 14.5. The standard InChI is InChI=1S/C22H19FN4O4S/c1-12(31-15-5-2-13(10-24)3-6-15)20-9-18(27-32-20)14-4-7-16(17(23)8-14)22(30)26-19(11-28)21(25)29/h2-9,12,19,28H,11H2,1H3,(H2,25,29)(H,26,30)/t12?,19-/m0/s1. The first-order chi connectivity index (χ1) is 15.3. The first-order valence-corrected chi connectivity index (χ1v) is 10.2. The van der Waals surface area contributed by atoms with E-state index < -0.39 is 30.3 Å². The van der Waals surface area contributed by atoms with Gasteiger partial charge in [0.2, 0.25) is 5.91 Å². The maximum atomic E-state index is 14.5. The van der Waals surface area contributed by atoms with Gasteiger partial charge in [-0.2, -0.15) is 9.64 Å². The molecule has 1 aromatic heterocycles. The molecule has 0 bridgehead atoms. The van der Waals surface area contributed by atoms with Crippen LogP contribution in [0.25, 0.3) is 11.3 Å². The van der Waals surface area contributed by atoms with Gasteiger partial charge >= 0.3 is 0 Å². The Morgan fingerprint density at radius 2 is 2.00 bits per heavy atom. The van der Waals surface area contributed by atoms with E-state index in [-0.39, 0.29) is 11.7 Å². The molecule has 0 saturated heterocycles. The lowest BCUT2D eigenvalue weighted by atomic mass is 10.1. The molecule has 32 heavy (non-hydrogen) atoms. The molecule has 8 nitrogen and oxygen atoms in total. The number of rotatable bonds is 8. The van der Waals surface area contributed by atoms with Gasteiger partial charge in [0.1, 0.15) is 23.7 Å². The molecule has 0 aliphatic heterocycles. The zero-order valence-corrected chi connectivity index (χ0v) is 17.7. The van der Waals surface area contributed by atoms with Crippen molar-refractivity contribution in [2.75, 3.05) is 6.61 Å². The first-order valence-electron chi connectivity index (χ1n) is 9.46. The minimum atomic E-state index is -1.31. The molecular formula is C22H19FN4O4S. The van der Waals surface area contributed by atoms with Gasteiger partial charge in [-0.3, -0.25) is 9.59 Å².